The highest BCUT2D eigenvalue weighted by Crippen LogP contribution is 2.46. The summed E-state index contributed by atoms with van der Waals surface area (Å²) in [6, 6.07) is 2.46. The first-order valence-electron chi connectivity index (χ1n) is 6.47. The van der Waals surface area contributed by atoms with Crippen LogP contribution in [0.5, 0.6) is 0 Å². The molecule has 2 aliphatic rings. The van der Waals surface area contributed by atoms with Crippen LogP contribution in [0, 0.1) is 23.2 Å². The number of hydrogen-bond donors (Lipinski definition) is 1. The van der Waals surface area contributed by atoms with Crippen molar-refractivity contribution < 1.29 is 0 Å². The fourth-order valence-electron chi connectivity index (χ4n) is 2.98. The molecule has 5 nitrogen and oxygen atoms in total. The van der Waals surface area contributed by atoms with Crippen molar-refractivity contribution >= 4 is 0 Å². The smallest absolute Gasteiger partial charge is 0.107 e. The molecule has 2 fully saturated rings. The summed E-state index contributed by atoms with van der Waals surface area (Å²) in [6.45, 7) is 1.03. The van der Waals surface area contributed by atoms with Gasteiger partial charge in [-0.2, -0.15) is 5.26 Å². The third kappa shape index (κ3) is 3.12. The summed E-state index contributed by atoms with van der Waals surface area (Å²) in [5, 5.41) is 16.2. The minimum atomic E-state index is -0.365. The Morgan fingerprint density at radius 2 is 2.24 bits per heavy atom. The average Bonchev–Trinajstić information content (AvgIpc) is 3.19. The van der Waals surface area contributed by atoms with Crippen molar-refractivity contribution in [2.45, 2.75) is 44.1 Å². The molecule has 92 valence electrons. The maximum atomic E-state index is 9.40. The van der Waals surface area contributed by atoms with Crippen LogP contribution in [0.4, 0.5) is 0 Å². The van der Waals surface area contributed by atoms with E-state index >= 15 is 0 Å². The number of nitriles is 1. The maximum Gasteiger partial charge on any atom is 0.107 e. The monoisotopic (exact) mass is 233 g/mol. The van der Waals surface area contributed by atoms with Crippen LogP contribution >= 0.6 is 0 Å². The van der Waals surface area contributed by atoms with Gasteiger partial charge >= 0.3 is 0 Å². The molecule has 0 aliphatic heterocycles. The first kappa shape index (κ1) is 12.2. The van der Waals surface area contributed by atoms with Crippen molar-refractivity contribution in [3.8, 4) is 6.07 Å². The lowest BCUT2D eigenvalue weighted by molar-refractivity contribution is 0.212. The number of rotatable bonds is 5. The fourth-order valence-corrected chi connectivity index (χ4v) is 2.98. The summed E-state index contributed by atoms with van der Waals surface area (Å²) < 4.78 is 0. The molecule has 0 aromatic heterocycles. The van der Waals surface area contributed by atoms with E-state index < -0.39 is 0 Å². The molecule has 0 amide bonds. The molecule has 5 heteroatoms. The minimum absolute atomic E-state index is 0.365. The lowest BCUT2D eigenvalue weighted by Crippen LogP contribution is -2.48. The van der Waals surface area contributed by atoms with E-state index in [1.807, 2.05) is 0 Å². The molecule has 1 N–H and O–H groups in total. The lowest BCUT2D eigenvalue weighted by atomic mass is 9.74. The lowest BCUT2D eigenvalue weighted by Gasteiger charge is -2.36. The van der Waals surface area contributed by atoms with E-state index in [0.717, 1.165) is 31.1 Å². The first-order valence-corrected chi connectivity index (χ1v) is 6.47. The van der Waals surface area contributed by atoms with Gasteiger partial charge in [0, 0.05) is 18.0 Å². The second-order valence-corrected chi connectivity index (χ2v) is 5.27. The Balaban J connectivity index is 1.88. The summed E-state index contributed by atoms with van der Waals surface area (Å²) in [5.74, 6) is 1.61. The van der Waals surface area contributed by atoms with Gasteiger partial charge in [0.05, 0.1) is 6.07 Å². The summed E-state index contributed by atoms with van der Waals surface area (Å²) >= 11 is 0. The first-order chi connectivity index (χ1) is 8.29. The second-order valence-electron chi connectivity index (χ2n) is 5.27. The summed E-state index contributed by atoms with van der Waals surface area (Å²) in [7, 11) is 0. The highest BCUT2D eigenvalue weighted by atomic mass is 15.1. The van der Waals surface area contributed by atoms with Crippen LogP contribution < -0.4 is 5.32 Å². The van der Waals surface area contributed by atoms with Crippen LogP contribution in [0.15, 0.2) is 5.11 Å². The topological polar surface area (TPSA) is 84.6 Å². The van der Waals surface area contributed by atoms with Gasteiger partial charge in [-0.1, -0.05) is 11.5 Å². The van der Waals surface area contributed by atoms with Crippen molar-refractivity contribution in [3.63, 3.8) is 0 Å². The van der Waals surface area contributed by atoms with E-state index in [1.54, 1.807) is 0 Å². The molecular weight excluding hydrogens is 214 g/mol. The second kappa shape index (κ2) is 5.39. The number of nitrogens with one attached hydrogen (secondary N) is 1. The van der Waals surface area contributed by atoms with E-state index in [-0.39, 0.29) is 5.54 Å². The Labute approximate surface area is 102 Å². The number of azide groups is 1. The van der Waals surface area contributed by atoms with Crippen LogP contribution in [0.1, 0.15) is 38.5 Å². The molecular formula is C12H19N5. The third-order valence-corrected chi connectivity index (χ3v) is 4.03. The van der Waals surface area contributed by atoms with Crippen LogP contribution in [0.25, 0.3) is 10.4 Å². The highest BCUT2D eigenvalue weighted by Gasteiger charge is 2.41. The fraction of sp³-hybridized carbons (Fsp3) is 0.917. The molecule has 0 aromatic carbocycles. The quantitative estimate of drug-likeness (QED) is 0.342. The van der Waals surface area contributed by atoms with E-state index in [9.17, 15) is 5.26 Å². The Morgan fingerprint density at radius 1 is 1.41 bits per heavy atom. The Morgan fingerprint density at radius 3 is 2.88 bits per heavy atom. The van der Waals surface area contributed by atoms with Gasteiger partial charge in [-0.15, -0.1) is 0 Å². The van der Waals surface area contributed by atoms with Crippen molar-refractivity contribution in [3.05, 3.63) is 10.4 Å². The van der Waals surface area contributed by atoms with Crippen molar-refractivity contribution in [1.82, 2.24) is 5.32 Å². The van der Waals surface area contributed by atoms with E-state index in [0.29, 0.717) is 13.1 Å². The van der Waals surface area contributed by atoms with Gasteiger partial charge in [0.2, 0.25) is 0 Å². The summed E-state index contributed by atoms with van der Waals surface area (Å²) in [6.07, 6.45) is 7.04. The molecule has 17 heavy (non-hydrogen) atoms. The Hall–Kier alpha value is -1.24. The molecule has 0 heterocycles. The predicted molar refractivity (Wildman–Crippen MR) is 65.0 cm³/mol. The molecule has 0 radical (unpaired) electrons. The average molecular weight is 233 g/mol. The van der Waals surface area contributed by atoms with Crippen LogP contribution in [-0.4, -0.2) is 18.6 Å². The van der Waals surface area contributed by atoms with Gasteiger partial charge < -0.3 is 0 Å². The van der Waals surface area contributed by atoms with Crippen LogP contribution in [0.3, 0.4) is 0 Å². The zero-order valence-corrected chi connectivity index (χ0v) is 10.1. The largest absolute Gasteiger partial charge is 0.299 e. The van der Waals surface area contributed by atoms with Crippen molar-refractivity contribution in [2.75, 3.05) is 13.1 Å². The Bertz CT molecular complexity index is 350. The van der Waals surface area contributed by atoms with Gasteiger partial charge in [-0.3, -0.25) is 5.32 Å². The molecule has 0 aromatic rings. The maximum absolute atomic E-state index is 9.40. The summed E-state index contributed by atoms with van der Waals surface area (Å²) in [4.78, 5) is 2.72. The van der Waals surface area contributed by atoms with E-state index in [1.165, 1.54) is 19.3 Å². The molecule has 0 spiro atoms. The molecule has 0 saturated heterocycles. The van der Waals surface area contributed by atoms with Gasteiger partial charge in [-0.05, 0) is 49.5 Å². The normalized spacial score (nSPS) is 32.5. The molecule has 2 unspecified atom stereocenters. The van der Waals surface area contributed by atoms with Gasteiger partial charge in [-0.25, -0.2) is 0 Å². The van der Waals surface area contributed by atoms with Crippen molar-refractivity contribution in [1.29, 1.82) is 5.26 Å². The van der Waals surface area contributed by atoms with Gasteiger partial charge in [0.25, 0.3) is 0 Å². The number of hydrogen-bond acceptors (Lipinski definition) is 3. The van der Waals surface area contributed by atoms with Crippen LogP contribution in [0.2, 0.25) is 0 Å². The van der Waals surface area contributed by atoms with Crippen LogP contribution in [-0.2, 0) is 0 Å². The van der Waals surface area contributed by atoms with Crippen molar-refractivity contribution in [2.24, 2.45) is 17.0 Å². The minimum Gasteiger partial charge on any atom is -0.299 e. The van der Waals surface area contributed by atoms with Gasteiger partial charge in [0.15, 0.2) is 0 Å². The molecule has 2 saturated carbocycles. The molecule has 2 aliphatic carbocycles. The number of nitrogens with zero attached hydrogens (tertiary/aromatic N) is 4. The van der Waals surface area contributed by atoms with Gasteiger partial charge in [0.1, 0.15) is 5.54 Å². The summed E-state index contributed by atoms with van der Waals surface area (Å²) in [5.41, 5.74) is 7.85. The molecule has 0 bridgehead atoms. The molecule has 2 atom stereocenters. The third-order valence-electron chi connectivity index (χ3n) is 4.03. The Kier molecular flexibility index (Phi) is 3.88. The molecule has 2 rings (SSSR count). The predicted octanol–water partition coefficient (Wildman–Crippen LogP) is 2.75. The SMILES string of the molecule is N#CC1(NCCN=[N+]=[N-])CCCC(C2CC2)C1. The highest BCUT2D eigenvalue weighted by molar-refractivity contribution is 5.11. The van der Waals surface area contributed by atoms with E-state index in [2.05, 4.69) is 21.4 Å². The van der Waals surface area contributed by atoms with E-state index in [4.69, 9.17) is 5.53 Å². The zero-order valence-electron chi connectivity index (χ0n) is 10.1. The zero-order chi connectivity index (χ0) is 12.1. The standard InChI is InChI=1S/C12H19N5/c13-9-12(15-6-7-16-17-14)5-1-2-11(8-12)10-3-4-10/h10-11,15H,1-8H2.